The number of rotatable bonds is 4. The molecule has 1 aromatic heterocycles. The highest BCUT2D eigenvalue weighted by Gasteiger charge is 2.31. The van der Waals surface area contributed by atoms with Gasteiger partial charge in [-0.05, 0) is 51.6 Å². The molecule has 3 atom stereocenters. The van der Waals surface area contributed by atoms with Crippen molar-refractivity contribution in [3.8, 4) is 0 Å². The van der Waals surface area contributed by atoms with Crippen molar-refractivity contribution in [3.63, 3.8) is 0 Å². The highest BCUT2D eigenvalue weighted by atomic mass is 79.9. The van der Waals surface area contributed by atoms with Crippen molar-refractivity contribution in [1.29, 1.82) is 0 Å². The summed E-state index contributed by atoms with van der Waals surface area (Å²) in [5, 5.41) is 4.33. The fourth-order valence-corrected chi connectivity index (χ4v) is 4.36. The zero-order valence-electron chi connectivity index (χ0n) is 9.58. The molecule has 0 spiro atoms. The van der Waals surface area contributed by atoms with Gasteiger partial charge in [-0.25, -0.2) is 0 Å². The molecule has 0 amide bonds. The molecule has 3 N–H and O–H groups in total. The van der Waals surface area contributed by atoms with Crippen LogP contribution >= 0.6 is 27.3 Å². The molecule has 1 aromatic rings. The summed E-state index contributed by atoms with van der Waals surface area (Å²) in [4.78, 5) is 0. The second-order valence-corrected chi connectivity index (χ2v) is 6.26. The lowest BCUT2D eigenvalue weighted by molar-refractivity contribution is 0.358. The third-order valence-electron chi connectivity index (χ3n) is 3.79. The van der Waals surface area contributed by atoms with Gasteiger partial charge < -0.3 is 0 Å². The smallest absolute Gasteiger partial charge is 0.0507 e. The largest absolute Gasteiger partial charge is 0.271 e. The van der Waals surface area contributed by atoms with E-state index in [1.54, 1.807) is 11.3 Å². The van der Waals surface area contributed by atoms with Crippen molar-refractivity contribution in [1.82, 2.24) is 5.43 Å². The fraction of sp³-hybridized carbons (Fsp3) is 0.667. The van der Waals surface area contributed by atoms with Crippen LogP contribution in [0.25, 0.3) is 0 Å². The lowest BCUT2D eigenvalue weighted by atomic mass is 9.92. The van der Waals surface area contributed by atoms with Gasteiger partial charge in [-0.15, -0.1) is 0 Å². The second kappa shape index (κ2) is 5.63. The van der Waals surface area contributed by atoms with Crippen LogP contribution < -0.4 is 11.3 Å². The van der Waals surface area contributed by atoms with E-state index in [4.69, 9.17) is 5.84 Å². The van der Waals surface area contributed by atoms with Gasteiger partial charge in [0, 0.05) is 9.85 Å². The first-order valence-corrected chi connectivity index (χ1v) is 7.67. The van der Waals surface area contributed by atoms with Crippen LogP contribution in [0.4, 0.5) is 0 Å². The maximum atomic E-state index is 5.73. The Kier molecular flexibility index (Phi) is 4.41. The molecule has 1 aliphatic carbocycles. The highest BCUT2D eigenvalue weighted by molar-refractivity contribution is 9.10. The van der Waals surface area contributed by atoms with Crippen molar-refractivity contribution >= 4 is 27.3 Å². The van der Waals surface area contributed by atoms with Crippen molar-refractivity contribution in [2.24, 2.45) is 17.7 Å². The van der Waals surface area contributed by atoms with E-state index in [0.717, 1.165) is 5.92 Å². The second-order valence-electron chi connectivity index (χ2n) is 4.67. The maximum absolute atomic E-state index is 5.73. The third kappa shape index (κ3) is 2.50. The van der Waals surface area contributed by atoms with Crippen molar-refractivity contribution < 1.29 is 0 Å². The average molecular weight is 303 g/mol. The van der Waals surface area contributed by atoms with Gasteiger partial charge in [0.25, 0.3) is 0 Å². The number of hydrazine groups is 1. The van der Waals surface area contributed by atoms with E-state index in [9.17, 15) is 0 Å². The van der Waals surface area contributed by atoms with Crippen LogP contribution in [0.1, 0.15) is 44.2 Å². The lowest BCUT2D eigenvalue weighted by Crippen LogP contribution is -2.32. The van der Waals surface area contributed by atoms with E-state index < -0.39 is 0 Å². The SMILES string of the molecule is CCC1CCC(C(NN)c2cscc2Br)C1. The van der Waals surface area contributed by atoms with Gasteiger partial charge in [-0.2, -0.15) is 11.3 Å². The summed E-state index contributed by atoms with van der Waals surface area (Å²) in [5.41, 5.74) is 4.34. The first kappa shape index (κ1) is 12.6. The Morgan fingerprint density at radius 3 is 2.88 bits per heavy atom. The normalized spacial score (nSPS) is 27.2. The zero-order valence-corrected chi connectivity index (χ0v) is 12.0. The summed E-state index contributed by atoms with van der Waals surface area (Å²) in [7, 11) is 0. The minimum absolute atomic E-state index is 0.317. The molecule has 90 valence electrons. The van der Waals surface area contributed by atoms with Crippen molar-refractivity contribution in [2.45, 2.75) is 38.6 Å². The van der Waals surface area contributed by atoms with Gasteiger partial charge in [0.15, 0.2) is 0 Å². The Morgan fingerprint density at radius 2 is 2.38 bits per heavy atom. The Bertz CT molecular complexity index is 340. The molecule has 16 heavy (non-hydrogen) atoms. The Labute approximate surface area is 110 Å². The first-order valence-electron chi connectivity index (χ1n) is 5.94. The molecular weight excluding hydrogens is 284 g/mol. The molecule has 0 aromatic carbocycles. The van der Waals surface area contributed by atoms with Gasteiger partial charge in [-0.3, -0.25) is 11.3 Å². The quantitative estimate of drug-likeness (QED) is 0.655. The first-order chi connectivity index (χ1) is 7.76. The molecule has 4 heteroatoms. The van der Waals surface area contributed by atoms with Crippen LogP contribution in [0.15, 0.2) is 15.2 Å². The molecule has 1 saturated carbocycles. The van der Waals surface area contributed by atoms with Crippen LogP contribution in [-0.2, 0) is 0 Å². The van der Waals surface area contributed by atoms with Crippen LogP contribution in [0, 0.1) is 11.8 Å². The number of halogens is 1. The highest BCUT2D eigenvalue weighted by Crippen LogP contribution is 2.42. The average Bonchev–Trinajstić information content (AvgIpc) is 2.90. The minimum Gasteiger partial charge on any atom is -0.271 e. The lowest BCUT2D eigenvalue weighted by Gasteiger charge is -2.22. The number of nitrogens with two attached hydrogens (primary N) is 1. The number of hydrogen-bond acceptors (Lipinski definition) is 3. The molecule has 0 radical (unpaired) electrons. The minimum atomic E-state index is 0.317. The summed E-state index contributed by atoms with van der Waals surface area (Å²) in [6.45, 7) is 2.29. The molecule has 0 saturated heterocycles. The summed E-state index contributed by atoms with van der Waals surface area (Å²) >= 11 is 5.33. The fourth-order valence-electron chi connectivity index (χ4n) is 2.78. The molecule has 0 aliphatic heterocycles. The Morgan fingerprint density at radius 1 is 1.56 bits per heavy atom. The molecule has 2 nitrogen and oxygen atoms in total. The predicted molar refractivity (Wildman–Crippen MR) is 73.2 cm³/mol. The zero-order chi connectivity index (χ0) is 11.5. The summed E-state index contributed by atoms with van der Waals surface area (Å²) < 4.78 is 1.19. The van der Waals surface area contributed by atoms with E-state index in [1.807, 2.05) is 0 Å². The number of thiophene rings is 1. The van der Waals surface area contributed by atoms with Gasteiger partial charge in [0.1, 0.15) is 0 Å². The van der Waals surface area contributed by atoms with Crippen LogP contribution in [0.5, 0.6) is 0 Å². The molecule has 0 bridgehead atoms. The van der Waals surface area contributed by atoms with Gasteiger partial charge in [0.05, 0.1) is 6.04 Å². The third-order valence-corrected chi connectivity index (χ3v) is 5.54. The number of nitrogens with one attached hydrogen (secondary N) is 1. The van der Waals surface area contributed by atoms with Crippen molar-refractivity contribution in [3.05, 3.63) is 20.8 Å². The maximum Gasteiger partial charge on any atom is 0.0507 e. The van der Waals surface area contributed by atoms with Gasteiger partial charge >= 0.3 is 0 Å². The molecule has 2 rings (SSSR count). The summed E-state index contributed by atoms with van der Waals surface area (Å²) in [6.07, 6.45) is 5.28. The predicted octanol–water partition coefficient (Wildman–Crippen LogP) is 3.84. The van der Waals surface area contributed by atoms with E-state index in [2.05, 4.69) is 39.0 Å². The Hall–Kier alpha value is 0.100. The van der Waals surface area contributed by atoms with E-state index >= 15 is 0 Å². The summed E-state index contributed by atoms with van der Waals surface area (Å²) in [5.74, 6) is 7.33. The van der Waals surface area contributed by atoms with Gasteiger partial charge in [-0.1, -0.05) is 19.8 Å². The molecule has 1 fully saturated rings. The Balaban J connectivity index is 2.09. The molecular formula is C12H19BrN2S. The van der Waals surface area contributed by atoms with Crippen molar-refractivity contribution in [2.75, 3.05) is 0 Å². The summed E-state index contributed by atoms with van der Waals surface area (Å²) in [6, 6.07) is 0.317. The molecule has 1 heterocycles. The van der Waals surface area contributed by atoms with E-state index in [-0.39, 0.29) is 0 Å². The molecule has 3 unspecified atom stereocenters. The van der Waals surface area contributed by atoms with Crippen LogP contribution in [0.2, 0.25) is 0 Å². The number of hydrogen-bond donors (Lipinski definition) is 2. The van der Waals surface area contributed by atoms with Crippen LogP contribution in [0.3, 0.4) is 0 Å². The topological polar surface area (TPSA) is 38.0 Å². The van der Waals surface area contributed by atoms with Gasteiger partial charge in [0.2, 0.25) is 0 Å². The monoisotopic (exact) mass is 302 g/mol. The molecule has 1 aliphatic rings. The van der Waals surface area contributed by atoms with E-state index in [0.29, 0.717) is 12.0 Å². The van der Waals surface area contributed by atoms with E-state index in [1.165, 1.54) is 35.7 Å². The van der Waals surface area contributed by atoms with Crippen LogP contribution in [-0.4, -0.2) is 0 Å². The standard InChI is InChI=1S/C12H19BrN2S/c1-2-8-3-4-9(5-8)12(15-14)10-6-16-7-11(10)13/h6-9,12,15H,2-5,14H2,1H3.